The van der Waals surface area contributed by atoms with E-state index in [1.165, 1.54) is 6.07 Å². The van der Waals surface area contributed by atoms with E-state index >= 15 is 0 Å². The van der Waals surface area contributed by atoms with E-state index in [4.69, 9.17) is 0 Å². The van der Waals surface area contributed by atoms with Crippen LogP contribution in [0.15, 0.2) is 78.9 Å². The van der Waals surface area contributed by atoms with E-state index in [2.05, 4.69) is 15.0 Å². The normalized spacial score (nSPS) is 14.2. The minimum atomic E-state index is -4.78. The summed E-state index contributed by atoms with van der Waals surface area (Å²) in [5.74, 6) is -0.297. The van der Waals surface area contributed by atoms with Crippen LogP contribution in [0.4, 0.5) is 24.5 Å². The molecule has 0 atom stereocenters. The number of rotatable bonds is 6. The molecule has 5 nitrogen and oxygen atoms in total. The van der Waals surface area contributed by atoms with E-state index in [0.717, 1.165) is 11.3 Å². The maximum Gasteiger partial charge on any atom is 0.573 e. The second kappa shape index (κ2) is 9.85. The second-order valence-corrected chi connectivity index (χ2v) is 7.71. The molecular formula is C25H24F3N3O2. The highest BCUT2D eigenvalue weighted by atomic mass is 19.4. The number of hydrogen-bond acceptors (Lipinski definition) is 4. The van der Waals surface area contributed by atoms with E-state index in [1.54, 1.807) is 29.2 Å². The molecule has 172 valence electrons. The Bertz CT molecular complexity index is 1070. The first-order valence-corrected chi connectivity index (χ1v) is 10.7. The Labute approximate surface area is 190 Å². The highest BCUT2D eigenvalue weighted by molar-refractivity contribution is 5.94. The Morgan fingerprint density at radius 3 is 2.15 bits per heavy atom. The molecule has 0 saturated carbocycles. The number of ether oxygens (including phenoxy) is 1. The van der Waals surface area contributed by atoms with Gasteiger partial charge in [0, 0.05) is 44.0 Å². The Hall–Kier alpha value is -3.68. The fourth-order valence-corrected chi connectivity index (χ4v) is 3.79. The first kappa shape index (κ1) is 22.5. The van der Waals surface area contributed by atoms with E-state index in [0.29, 0.717) is 38.3 Å². The van der Waals surface area contributed by atoms with E-state index in [-0.39, 0.29) is 17.3 Å². The van der Waals surface area contributed by atoms with Gasteiger partial charge in [0.05, 0.1) is 5.69 Å². The van der Waals surface area contributed by atoms with Gasteiger partial charge in [-0.1, -0.05) is 48.5 Å². The average Bonchev–Trinajstić information content (AvgIpc) is 2.83. The summed E-state index contributed by atoms with van der Waals surface area (Å²) in [6.07, 6.45) is -4.78. The fourth-order valence-electron chi connectivity index (χ4n) is 3.79. The lowest BCUT2D eigenvalue weighted by atomic mass is 10.1. The topological polar surface area (TPSA) is 44.8 Å². The van der Waals surface area contributed by atoms with Gasteiger partial charge in [0.25, 0.3) is 5.91 Å². The minimum absolute atomic E-state index is 0.0191. The van der Waals surface area contributed by atoms with Gasteiger partial charge >= 0.3 is 6.36 Å². The number of nitrogens with zero attached hydrogens (tertiary/aromatic N) is 2. The summed E-state index contributed by atoms with van der Waals surface area (Å²) in [5.41, 5.74) is 2.62. The zero-order chi connectivity index (χ0) is 23.3. The molecule has 1 aliphatic heterocycles. The largest absolute Gasteiger partial charge is 0.573 e. The van der Waals surface area contributed by atoms with Crippen molar-refractivity contribution in [3.8, 4) is 5.75 Å². The van der Waals surface area contributed by atoms with Gasteiger partial charge in [0.2, 0.25) is 0 Å². The SMILES string of the molecule is O=C(c1ccccc1)N1CCN(c2ccc(OC(F)(F)F)c(NCc3ccccc3)c2)CC1. The molecule has 0 bridgehead atoms. The lowest BCUT2D eigenvalue weighted by Gasteiger charge is -2.36. The number of halogens is 3. The van der Waals surface area contributed by atoms with E-state index < -0.39 is 6.36 Å². The number of hydrogen-bond donors (Lipinski definition) is 1. The van der Waals surface area contributed by atoms with Crippen LogP contribution in [-0.2, 0) is 6.54 Å². The highest BCUT2D eigenvalue weighted by Gasteiger charge is 2.32. The molecule has 1 heterocycles. The van der Waals surface area contributed by atoms with Crippen LogP contribution in [0.2, 0.25) is 0 Å². The first-order valence-electron chi connectivity index (χ1n) is 10.7. The third kappa shape index (κ3) is 5.97. The van der Waals surface area contributed by atoms with Crippen molar-refractivity contribution in [1.29, 1.82) is 0 Å². The predicted molar refractivity (Wildman–Crippen MR) is 121 cm³/mol. The van der Waals surface area contributed by atoms with Crippen LogP contribution in [0, 0.1) is 0 Å². The molecule has 1 saturated heterocycles. The van der Waals surface area contributed by atoms with Crippen molar-refractivity contribution in [3.63, 3.8) is 0 Å². The van der Waals surface area contributed by atoms with Crippen molar-refractivity contribution in [2.75, 3.05) is 36.4 Å². The van der Waals surface area contributed by atoms with Gasteiger partial charge < -0.3 is 19.9 Å². The summed E-state index contributed by atoms with van der Waals surface area (Å²) in [7, 11) is 0. The van der Waals surface area contributed by atoms with Crippen LogP contribution >= 0.6 is 0 Å². The lowest BCUT2D eigenvalue weighted by molar-refractivity contribution is -0.274. The molecule has 1 fully saturated rings. The number of carbonyl (C=O) groups excluding carboxylic acids is 1. The predicted octanol–water partition coefficient (Wildman–Crippen LogP) is 5.16. The summed E-state index contributed by atoms with van der Waals surface area (Å²) in [6.45, 7) is 2.58. The van der Waals surface area contributed by atoms with Gasteiger partial charge in [-0.05, 0) is 35.9 Å². The Morgan fingerprint density at radius 1 is 0.879 bits per heavy atom. The minimum Gasteiger partial charge on any atom is -0.404 e. The van der Waals surface area contributed by atoms with Crippen molar-refractivity contribution in [1.82, 2.24) is 4.90 Å². The lowest BCUT2D eigenvalue weighted by Crippen LogP contribution is -2.48. The second-order valence-electron chi connectivity index (χ2n) is 7.71. The molecule has 3 aromatic rings. The summed E-state index contributed by atoms with van der Waals surface area (Å²) in [4.78, 5) is 16.5. The number of anilines is 2. The summed E-state index contributed by atoms with van der Waals surface area (Å²) < 4.78 is 42.9. The van der Waals surface area contributed by atoms with Crippen LogP contribution in [0.25, 0.3) is 0 Å². The monoisotopic (exact) mass is 455 g/mol. The first-order chi connectivity index (χ1) is 15.9. The Kier molecular flexibility index (Phi) is 6.72. The maximum absolute atomic E-state index is 12.9. The van der Waals surface area contributed by atoms with Crippen LogP contribution in [0.3, 0.4) is 0 Å². The molecule has 0 spiro atoms. The van der Waals surface area contributed by atoms with Crippen molar-refractivity contribution < 1.29 is 22.7 Å². The van der Waals surface area contributed by atoms with Crippen LogP contribution in [0.1, 0.15) is 15.9 Å². The number of alkyl halides is 3. The third-order valence-corrected chi connectivity index (χ3v) is 5.47. The number of carbonyl (C=O) groups is 1. The average molecular weight is 455 g/mol. The molecular weight excluding hydrogens is 431 g/mol. The van der Waals surface area contributed by atoms with Crippen molar-refractivity contribution >= 4 is 17.3 Å². The van der Waals surface area contributed by atoms with Gasteiger partial charge in [-0.2, -0.15) is 0 Å². The molecule has 1 aliphatic rings. The summed E-state index contributed by atoms with van der Waals surface area (Å²) >= 11 is 0. The zero-order valence-corrected chi connectivity index (χ0v) is 17.9. The Morgan fingerprint density at radius 2 is 1.52 bits per heavy atom. The van der Waals surface area contributed by atoms with Crippen molar-refractivity contribution in [2.24, 2.45) is 0 Å². The van der Waals surface area contributed by atoms with Crippen LogP contribution < -0.4 is 15.0 Å². The van der Waals surface area contributed by atoms with E-state index in [9.17, 15) is 18.0 Å². The molecule has 0 aliphatic carbocycles. The molecule has 1 N–H and O–H groups in total. The van der Waals surface area contributed by atoms with Crippen LogP contribution in [0.5, 0.6) is 5.75 Å². The molecule has 0 aromatic heterocycles. The maximum atomic E-state index is 12.9. The van der Waals surface area contributed by atoms with Crippen molar-refractivity contribution in [2.45, 2.75) is 12.9 Å². The van der Waals surface area contributed by atoms with Gasteiger partial charge in [0.1, 0.15) is 0 Å². The van der Waals surface area contributed by atoms with Crippen LogP contribution in [-0.4, -0.2) is 43.3 Å². The molecule has 0 unspecified atom stereocenters. The highest BCUT2D eigenvalue weighted by Crippen LogP contribution is 2.34. The fraction of sp³-hybridized carbons (Fsp3) is 0.240. The van der Waals surface area contributed by atoms with Crippen molar-refractivity contribution in [3.05, 3.63) is 90.0 Å². The van der Waals surface area contributed by atoms with Gasteiger partial charge in [-0.25, -0.2) is 0 Å². The van der Waals surface area contributed by atoms with E-state index in [1.807, 2.05) is 48.5 Å². The quantitative estimate of drug-likeness (QED) is 0.558. The molecule has 33 heavy (non-hydrogen) atoms. The summed E-state index contributed by atoms with van der Waals surface area (Å²) in [6, 6.07) is 23.1. The molecule has 0 radical (unpaired) electrons. The van der Waals surface area contributed by atoms with Gasteiger partial charge in [-0.3, -0.25) is 4.79 Å². The molecule has 4 rings (SSSR count). The zero-order valence-electron chi connectivity index (χ0n) is 17.9. The number of amides is 1. The smallest absolute Gasteiger partial charge is 0.404 e. The van der Waals surface area contributed by atoms with Gasteiger partial charge in [0.15, 0.2) is 5.75 Å². The summed E-state index contributed by atoms with van der Waals surface area (Å²) in [5, 5.41) is 3.06. The molecule has 1 amide bonds. The number of piperazine rings is 1. The molecule has 3 aromatic carbocycles. The number of nitrogens with one attached hydrogen (secondary N) is 1. The van der Waals surface area contributed by atoms with Gasteiger partial charge in [-0.15, -0.1) is 13.2 Å². The molecule has 8 heteroatoms. The Balaban J connectivity index is 1.46. The third-order valence-electron chi connectivity index (χ3n) is 5.47. The number of benzene rings is 3. The standard InChI is InChI=1S/C25H24F3N3O2/c26-25(27,28)33-23-12-11-21(17-22(23)29-18-19-7-3-1-4-8-19)30-13-15-31(16-14-30)24(32)20-9-5-2-6-10-20/h1-12,17,29H,13-16,18H2.